The Labute approximate surface area is 213 Å². The molecule has 2 aliphatic heterocycles. The number of amides is 1. The summed E-state index contributed by atoms with van der Waals surface area (Å²) in [6.07, 6.45) is 9.97. The molecule has 0 saturated carbocycles. The number of aliphatic imine (C=N–C) groups is 1. The average molecular weight is 485 g/mol. The van der Waals surface area contributed by atoms with E-state index in [1.807, 2.05) is 37.9 Å². The number of benzene rings is 1. The van der Waals surface area contributed by atoms with Gasteiger partial charge in [0.05, 0.1) is 13.2 Å². The van der Waals surface area contributed by atoms with Crippen molar-refractivity contribution < 1.29 is 9.53 Å². The molecule has 2 atom stereocenters. The molecule has 0 radical (unpaired) electrons. The lowest BCUT2D eigenvalue weighted by Crippen LogP contribution is -2.44. The number of hydrogen-bond donors (Lipinski definition) is 1. The van der Waals surface area contributed by atoms with E-state index >= 15 is 0 Å². The Kier molecular flexibility index (Phi) is 13.1. The molecule has 1 saturated heterocycles. The van der Waals surface area contributed by atoms with Crippen molar-refractivity contribution in [3.05, 3.63) is 41.6 Å². The van der Waals surface area contributed by atoms with Crippen molar-refractivity contribution >= 4 is 11.6 Å². The van der Waals surface area contributed by atoms with Crippen molar-refractivity contribution in [3.8, 4) is 5.75 Å². The van der Waals surface area contributed by atoms with Crippen LogP contribution in [0.1, 0.15) is 83.8 Å². The summed E-state index contributed by atoms with van der Waals surface area (Å²) < 4.78 is 5.70. The zero-order valence-corrected chi connectivity index (χ0v) is 22.8. The zero-order chi connectivity index (χ0) is 25.6. The van der Waals surface area contributed by atoms with Crippen LogP contribution >= 0.6 is 0 Å². The highest BCUT2D eigenvalue weighted by Crippen LogP contribution is 2.36. The number of fused-ring (bicyclic) bond motifs is 1. The first-order valence-electron chi connectivity index (χ1n) is 13.7. The Morgan fingerprint density at radius 1 is 1.31 bits per heavy atom. The Morgan fingerprint density at radius 3 is 2.83 bits per heavy atom. The van der Waals surface area contributed by atoms with Gasteiger partial charge in [-0.15, -0.1) is 0 Å². The van der Waals surface area contributed by atoms with Gasteiger partial charge in [0.25, 0.3) is 0 Å². The fourth-order valence-electron chi connectivity index (χ4n) is 4.96. The van der Waals surface area contributed by atoms with Crippen molar-refractivity contribution in [2.45, 2.75) is 85.1 Å². The summed E-state index contributed by atoms with van der Waals surface area (Å²) in [6.45, 7) is 14.4. The summed E-state index contributed by atoms with van der Waals surface area (Å²) in [7, 11) is 0. The minimum absolute atomic E-state index is 0.209. The highest BCUT2D eigenvalue weighted by Gasteiger charge is 2.35. The number of unbranched alkanes of at least 4 members (excludes halogenated alkanes) is 1. The maximum atomic E-state index is 13.2. The number of nitrogens with zero attached hydrogens (tertiary/aromatic N) is 3. The first-order chi connectivity index (χ1) is 17.0. The molecule has 3 rings (SSSR count). The van der Waals surface area contributed by atoms with E-state index < -0.39 is 0 Å². The quantitative estimate of drug-likeness (QED) is 0.416. The molecule has 0 aromatic heterocycles. The van der Waals surface area contributed by atoms with Gasteiger partial charge in [0.1, 0.15) is 5.75 Å². The van der Waals surface area contributed by atoms with Crippen molar-refractivity contribution in [2.75, 3.05) is 39.3 Å². The molecule has 196 valence electrons. The van der Waals surface area contributed by atoms with E-state index in [1.165, 1.54) is 11.1 Å². The van der Waals surface area contributed by atoms with Gasteiger partial charge in [-0.3, -0.25) is 14.7 Å². The number of hydrogen-bond acceptors (Lipinski definition) is 5. The van der Waals surface area contributed by atoms with Gasteiger partial charge in [0.15, 0.2) is 0 Å². The van der Waals surface area contributed by atoms with Crippen molar-refractivity contribution in [1.29, 1.82) is 0 Å². The second-order valence-electron chi connectivity index (χ2n) is 9.39. The van der Waals surface area contributed by atoms with Crippen LogP contribution in [0.25, 0.3) is 0 Å². The standard InChI is InChI=1S/C27H42N4O2.C2H6/c1-4-6-14-30(15-12-28)27(32)20-31-19-24(18-25(31)9-7-21(3)29-13-5-2)22-8-10-26-23(17-22)11-16-33-26;1-2/h5,8,10,13,17,24-25H,4,6-7,9,11-12,14-16,18-20,28H2,1-3H3;1-2H3/b13-5-,29-21?;. The molecule has 2 N–H and O–H groups in total. The molecule has 0 aliphatic carbocycles. The van der Waals surface area contributed by atoms with Gasteiger partial charge in [0, 0.05) is 50.6 Å². The molecule has 6 nitrogen and oxygen atoms in total. The first-order valence-corrected chi connectivity index (χ1v) is 13.7. The monoisotopic (exact) mass is 484 g/mol. The van der Waals surface area contributed by atoms with E-state index in [4.69, 9.17) is 10.5 Å². The third-order valence-corrected chi connectivity index (χ3v) is 6.87. The average Bonchev–Trinajstić information content (AvgIpc) is 3.51. The molecule has 2 aliphatic rings. The zero-order valence-electron chi connectivity index (χ0n) is 22.8. The van der Waals surface area contributed by atoms with E-state index in [0.29, 0.717) is 31.6 Å². The number of carbonyl (C=O) groups excluding carboxylic acids is 1. The van der Waals surface area contributed by atoms with E-state index in [1.54, 1.807) is 0 Å². The number of ether oxygens (including phenoxy) is 1. The molecule has 1 fully saturated rings. The summed E-state index contributed by atoms with van der Waals surface area (Å²) in [4.78, 5) is 22.1. The van der Waals surface area contributed by atoms with Gasteiger partial charge in [-0.1, -0.05) is 45.4 Å². The van der Waals surface area contributed by atoms with Crippen LogP contribution in [-0.4, -0.2) is 66.8 Å². The third-order valence-electron chi connectivity index (χ3n) is 6.87. The Balaban J connectivity index is 0.00000210. The summed E-state index contributed by atoms with van der Waals surface area (Å²) in [6, 6.07) is 7.06. The number of likely N-dealkylation sites (tertiary alicyclic amines) is 1. The summed E-state index contributed by atoms with van der Waals surface area (Å²) in [5.74, 6) is 1.69. The lowest BCUT2D eigenvalue weighted by atomic mass is 9.93. The van der Waals surface area contributed by atoms with Crippen LogP contribution in [0, 0.1) is 0 Å². The molecule has 1 aromatic rings. The fourth-order valence-corrected chi connectivity index (χ4v) is 4.96. The number of nitrogens with two attached hydrogens (primary N) is 1. The van der Waals surface area contributed by atoms with E-state index in [9.17, 15) is 4.79 Å². The van der Waals surface area contributed by atoms with E-state index in [2.05, 4.69) is 41.9 Å². The molecule has 1 aromatic carbocycles. The smallest absolute Gasteiger partial charge is 0.236 e. The summed E-state index contributed by atoms with van der Waals surface area (Å²) in [5.41, 5.74) is 9.64. The third kappa shape index (κ3) is 8.76. The Morgan fingerprint density at radius 2 is 2.11 bits per heavy atom. The second kappa shape index (κ2) is 15.7. The Bertz CT molecular complexity index is 836. The molecule has 6 heteroatoms. The molecule has 2 unspecified atom stereocenters. The summed E-state index contributed by atoms with van der Waals surface area (Å²) in [5, 5.41) is 0. The molecular formula is C29H48N4O2. The second-order valence-corrected chi connectivity index (χ2v) is 9.39. The van der Waals surface area contributed by atoms with Crippen LogP contribution in [0.15, 0.2) is 35.5 Å². The van der Waals surface area contributed by atoms with Gasteiger partial charge >= 0.3 is 0 Å². The van der Waals surface area contributed by atoms with E-state index in [0.717, 1.165) is 69.7 Å². The Hall–Kier alpha value is -2.18. The van der Waals surface area contributed by atoms with Crippen molar-refractivity contribution in [2.24, 2.45) is 10.7 Å². The molecule has 0 spiro atoms. The van der Waals surface area contributed by atoms with Crippen LogP contribution < -0.4 is 10.5 Å². The molecule has 1 amide bonds. The van der Waals surface area contributed by atoms with Gasteiger partial charge in [-0.2, -0.15) is 0 Å². The molecular weight excluding hydrogens is 436 g/mol. The lowest BCUT2D eigenvalue weighted by molar-refractivity contribution is -0.132. The lowest BCUT2D eigenvalue weighted by Gasteiger charge is -2.28. The van der Waals surface area contributed by atoms with Crippen LogP contribution in [0.3, 0.4) is 0 Å². The highest BCUT2D eigenvalue weighted by molar-refractivity contribution is 5.82. The highest BCUT2D eigenvalue weighted by atomic mass is 16.5. The topological polar surface area (TPSA) is 71.2 Å². The molecule has 0 bridgehead atoms. The molecule has 35 heavy (non-hydrogen) atoms. The van der Waals surface area contributed by atoms with Crippen LogP contribution in [-0.2, 0) is 11.2 Å². The number of rotatable bonds is 12. The predicted octanol–water partition coefficient (Wildman–Crippen LogP) is 5.17. The van der Waals surface area contributed by atoms with Gasteiger partial charge in [0.2, 0.25) is 5.91 Å². The largest absolute Gasteiger partial charge is 0.493 e. The first kappa shape index (κ1) is 29.1. The SMILES string of the molecule is C/C=C\N=C(C)CCC1CC(c2ccc3c(c2)CCO3)CN1CC(=O)N(CCN)CCCC.CC. The number of carbonyl (C=O) groups is 1. The van der Waals surface area contributed by atoms with Crippen LogP contribution in [0.2, 0.25) is 0 Å². The summed E-state index contributed by atoms with van der Waals surface area (Å²) >= 11 is 0. The normalized spacial score (nSPS) is 19.9. The van der Waals surface area contributed by atoms with Gasteiger partial charge in [-0.25, -0.2) is 0 Å². The maximum absolute atomic E-state index is 13.2. The van der Waals surface area contributed by atoms with Crippen molar-refractivity contribution in [3.63, 3.8) is 0 Å². The van der Waals surface area contributed by atoms with Crippen LogP contribution in [0.4, 0.5) is 0 Å². The molecule has 2 heterocycles. The number of allylic oxidation sites excluding steroid dienone is 1. The van der Waals surface area contributed by atoms with E-state index in [-0.39, 0.29) is 5.91 Å². The van der Waals surface area contributed by atoms with Crippen LogP contribution in [0.5, 0.6) is 5.75 Å². The predicted molar refractivity (Wildman–Crippen MR) is 147 cm³/mol. The van der Waals surface area contributed by atoms with Crippen molar-refractivity contribution in [1.82, 2.24) is 9.80 Å². The minimum Gasteiger partial charge on any atom is -0.493 e. The van der Waals surface area contributed by atoms with Gasteiger partial charge in [-0.05, 0) is 62.6 Å². The minimum atomic E-state index is 0.209. The van der Waals surface area contributed by atoms with Gasteiger partial charge < -0.3 is 15.4 Å². The maximum Gasteiger partial charge on any atom is 0.236 e. The fraction of sp³-hybridized carbons (Fsp3) is 0.655.